The first kappa shape index (κ1) is 32.8. The van der Waals surface area contributed by atoms with Crippen molar-refractivity contribution >= 4 is 33.2 Å². The van der Waals surface area contributed by atoms with Gasteiger partial charge in [-0.1, -0.05) is 62.9 Å². The number of nitrogens with one attached hydrogen (secondary N) is 1. The van der Waals surface area contributed by atoms with Crippen LogP contribution < -0.4 is 14.4 Å². The van der Waals surface area contributed by atoms with Gasteiger partial charge in [-0.05, 0) is 98.7 Å². The topological polar surface area (TPSA) is 95.9 Å². The number of sulfonamides is 1. The molecule has 1 saturated carbocycles. The lowest BCUT2D eigenvalue weighted by Crippen LogP contribution is -2.49. The van der Waals surface area contributed by atoms with Crippen LogP contribution in [0.4, 0.5) is 5.69 Å². The molecule has 5 atom stereocenters. The van der Waals surface area contributed by atoms with Gasteiger partial charge in [-0.15, -0.1) is 0 Å². The lowest BCUT2D eigenvalue weighted by atomic mass is 9.68. The average molecular weight is 643 g/mol. The molecule has 3 unspecified atom stereocenters. The van der Waals surface area contributed by atoms with Crippen LogP contribution in [-0.4, -0.2) is 50.5 Å². The Morgan fingerprint density at radius 1 is 1.14 bits per heavy atom. The molecule has 1 spiro atoms. The van der Waals surface area contributed by atoms with E-state index in [2.05, 4.69) is 35.6 Å². The summed E-state index contributed by atoms with van der Waals surface area (Å²) in [5.41, 5.74) is 3.33. The van der Waals surface area contributed by atoms with Gasteiger partial charge in [-0.3, -0.25) is 4.79 Å². The number of allylic oxidation sites excluding steroid dienone is 1. The van der Waals surface area contributed by atoms with Crippen molar-refractivity contribution in [3.8, 4) is 5.75 Å². The predicted molar refractivity (Wildman–Crippen MR) is 177 cm³/mol. The number of hydrogen-bond donors (Lipinski definition) is 2. The number of hydrogen-bond acceptors (Lipinski definition) is 6. The van der Waals surface area contributed by atoms with Crippen molar-refractivity contribution in [1.29, 1.82) is 0 Å². The minimum Gasteiger partial charge on any atom is -0.490 e. The van der Waals surface area contributed by atoms with E-state index < -0.39 is 27.3 Å². The Labute approximate surface area is 268 Å². The first-order valence-electron chi connectivity index (χ1n) is 16.3. The second-order valence-corrected chi connectivity index (χ2v) is 15.6. The Balaban J connectivity index is 0.000000712. The molecule has 2 aliphatic carbocycles. The second kappa shape index (κ2) is 13.8. The van der Waals surface area contributed by atoms with Crippen molar-refractivity contribution in [2.45, 2.75) is 95.3 Å². The summed E-state index contributed by atoms with van der Waals surface area (Å²) in [7, 11) is -3.90. The Bertz CT molecular complexity index is 1480. The summed E-state index contributed by atoms with van der Waals surface area (Å²) in [6.45, 7) is 7.91. The number of aliphatic hydroxyl groups is 1. The van der Waals surface area contributed by atoms with Gasteiger partial charge in [0.25, 0.3) is 5.91 Å². The molecule has 2 heterocycles. The Kier molecular flexibility index (Phi) is 10.3. The lowest BCUT2D eigenvalue weighted by molar-refractivity contribution is 0.0456. The van der Waals surface area contributed by atoms with Crippen LogP contribution in [0.3, 0.4) is 0 Å². The van der Waals surface area contributed by atoms with Crippen LogP contribution in [0.1, 0.15) is 93.6 Å². The number of carbonyl (C=O) groups excluding carboxylic acids is 1. The summed E-state index contributed by atoms with van der Waals surface area (Å²) < 4.78 is 34.5. The molecule has 0 saturated heterocycles. The highest BCUT2D eigenvalue weighted by molar-refractivity contribution is 7.90. The molecule has 0 aromatic heterocycles. The fraction of sp³-hybridized carbons (Fsp3) is 0.571. The summed E-state index contributed by atoms with van der Waals surface area (Å²) >= 11 is 6.36. The van der Waals surface area contributed by atoms with E-state index >= 15 is 0 Å². The molecule has 1 amide bonds. The first-order valence-corrected chi connectivity index (χ1v) is 18.2. The summed E-state index contributed by atoms with van der Waals surface area (Å²) in [6.07, 6.45) is 12.0. The van der Waals surface area contributed by atoms with Crippen LogP contribution in [0.25, 0.3) is 0 Å². The zero-order chi connectivity index (χ0) is 31.5. The highest BCUT2D eigenvalue weighted by Crippen LogP contribution is 2.46. The lowest BCUT2D eigenvalue weighted by Gasteiger charge is -2.45. The van der Waals surface area contributed by atoms with Crippen molar-refractivity contribution in [3.63, 3.8) is 0 Å². The van der Waals surface area contributed by atoms with Gasteiger partial charge in [-0.2, -0.15) is 0 Å². The molecule has 1 fully saturated rings. The number of nitrogens with zero attached hydrogens (tertiary/aromatic N) is 1. The quantitative estimate of drug-likeness (QED) is 0.350. The molecule has 240 valence electrons. The third-order valence-corrected chi connectivity index (χ3v) is 11.9. The maximum Gasteiger partial charge on any atom is 0.264 e. The van der Waals surface area contributed by atoms with E-state index in [0.29, 0.717) is 18.9 Å². The number of carbonyl (C=O) groups is 1. The standard InChI is InChI=1S/C30H35ClN2O5S.C5H12/c1-19-4-2-6-27(34)24-10-7-22(24)16-33-17-30(13-3-5-20-14-23(31)9-11-25(20)30)18-38-28-12-8-21(15-26(28)33)29(35)32-39(19,36)37;1-3-5-4-2/h2,6,8-9,11-12,14-15,19,22,24,27,34H,3-5,7,10,13,16-18H2,1H3,(H,32,35);3-5H2,1-2H3/b6-2+;/t19-,22?,24?,27?,30+;/m1./s1. The molecule has 6 rings (SSSR count). The van der Waals surface area contributed by atoms with Gasteiger partial charge in [0, 0.05) is 29.1 Å². The summed E-state index contributed by atoms with van der Waals surface area (Å²) in [4.78, 5) is 15.4. The SMILES string of the molecule is CCCCC.C[C@@H]1C/C=C/C(O)C2CCC2CN2C[C@@]3(CCCc4cc(Cl)ccc43)COc3ccc(cc32)C(=O)NS1(=O)=O. The molecule has 2 N–H and O–H groups in total. The normalized spacial score (nSPS) is 29.9. The molecule has 7 nitrogen and oxygen atoms in total. The summed E-state index contributed by atoms with van der Waals surface area (Å²) in [5.74, 6) is 0.398. The van der Waals surface area contributed by atoms with E-state index in [-0.39, 0.29) is 29.2 Å². The number of halogens is 1. The largest absolute Gasteiger partial charge is 0.490 e. The molecule has 2 aromatic carbocycles. The van der Waals surface area contributed by atoms with E-state index in [9.17, 15) is 18.3 Å². The van der Waals surface area contributed by atoms with Gasteiger partial charge < -0.3 is 14.7 Å². The number of aliphatic hydroxyl groups excluding tert-OH is 1. The zero-order valence-electron chi connectivity index (χ0n) is 26.2. The van der Waals surface area contributed by atoms with E-state index in [4.69, 9.17) is 16.3 Å². The molecular formula is C35H47ClN2O5S. The van der Waals surface area contributed by atoms with Gasteiger partial charge in [-0.25, -0.2) is 13.1 Å². The van der Waals surface area contributed by atoms with Crippen molar-refractivity contribution < 1.29 is 23.1 Å². The van der Waals surface area contributed by atoms with Crippen LogP contribution in [0.2, 0.25) is 5.02 Å². The number of unbranched alkanes of at least 4 members (excludes halogenated alkanes) is 2. The predicted octanol–water partition coefficient (Wildman–Crippen LogP) is 6.80. The van der Waals surface area contributed by atoms with Gasteiger partial charge in [0.15, 0.2) is 0 Å². The van der Waals surface area contributed by atoms with Gasteiger partial charge in [0.2, 0.25) is 10.0 Å². The van der Waals surface area contributed by atoms with Crippen LogP contribution in [0, 0.1) is 11.8 Å². The Morgan fingerprint density at radius 3 is 2.64 bits per heavy atom. The number of ether oxygens (including phenoxy) is 1. The van der Waals surface area contributed by atoms with Gasteiger partial charge >= 0.3 is 0 Å². The highest BCUT2D eigenvalue weighted by atomic mass is 35.5. The molecule has 2 aliphatic heterocycles. The molecule has 2 bridgehead atoms. The number of anilines is 1. The molecule has 0 radical (unpaired) electrons. The minimum absolute atomic E-state index is 0.0993. The Morgan fingerprint density at radius 2 is 1.93 bits per heavy atom. The van der Waals surface area contributed by atoms with Crippen molar-refractivity contribution in [2.75, 3.05) is 24.6 Å². The molecule has 9 heteroatoms. The van der Waals surface area contributed by atoms with Gasteiger partial charge in [0.05, 0.1) is 23.6 Å². The monoisotopic (exact) mass is 642 g/mol. The summed E-state index contributed by atoms with van der Waals surface area (Å²) in [5, 5.41) is 10.9. The minimum atomic E-state index is -3.90. The van der Waals surface area contributed by atoms with Crippen molar-refractivity contribution in [2.24, 2.45) is 11.8 Å². The van der Waals surface area contributed by atoms with Crippen LogP contribution in [0.15, 0.2) is 48.6 Å². The molecule has 4 aliphatic rings. The molecule has 44 heavy (non-hydrogen) atoms. The smallest absolute Gasteiger partial charge is 0.264 e. The molecule has 2 aromatic rings. The fourth-order valence-corrected chi connectivity index (χ4v) is 8.27. The second-order valence-electron chi connectivity index (χ2n) is 13.1. The van der Waals surface area contributed by atoms with Crippen molar-refractivity contribution in [3.05, 3.63) is 70.3 Å². The maximum absolute atomic E-state index is 13.1. The first-order chi connectivity index (χ1) is 21.1. The van der Waals surface area contributed by atoms with E-state index in [0.717, 1.165) is 49.4 Å². The zero-order valence-corrected chi connectivity index (χ0v) is 27.8. The van der Waals surface area contributed by atoms with Gasteiger partial charge in [0.1, 0.15) is 5.75 Å². The van der Waals surface area contributed by atoms with E-state index in [1.165, 1.54) is 30.4 Å². The number of aryl methyl sites for hydroxylation is 1. The van der Waals surface area contributed by atoms with Crippen LogP contribution >= 0.6 is 11.6 Å². The number of amides is 1. The number of benzene rings is 2. The fourth-order valence-electron chi connectivity index (χ4n) is 7.13. The maximum atomic E-state index is 13.1. The third kappa shape index (κ3) is 6.97. The average Bonchev–Trinajstić information content (AvgIpc) is 3.12. The number of rotatable bonds is 2. The molecular weight excluding hydrogens is 596 g/mol. The highest BCUT2D eigenvalue weighted by Gasteiger charge is 2.44. The van der Waals surface area contributed by atoms with Crippen molar-refractivity contribution in [1.82, 2.24) is 4.72 Å². The third-order valence-electron chi connectivity index (χ3n) is 9.94. The van der Waals surface area contributed by atoms with Crippen LogP contribution in [-0.2, 0) is 21.9 Å². The van der Waals surface area contributed by atoms with E-state index in [1.807, 2.05) is 6.07 Å². The Hall–Kier alpha value is -2.55. The summed E-state index contributed by atoms with van der Waals surface area (Å²) in [6, 6.07) is 11.3. The number of fused-ring (bicyclic) bond motifs is 4. The van der Waals surface area contributed by atoms with E-state index in [1.54, 1.807) is 37.3 Å². The van der Waals surface area contributed by atoms with Crippen LogP contribution in [0.5, 0.6) is 5.75 Å².